The standard InChI is InChI=1S/C13H15ClN2O5/c1-21-11-3-2-7(14)4-9(11)15-13(20)16-6-8(17)5-10(16)12(18)19/h2-4,8,10,17H,5-6H2,1H3,(H,15,20)(H,18,19)/t8?,10-/m0/s1. The Hall–Kier alpha value is -1.99. The molecule has 1 unspecified atom stereocenters. The molecule has 3 N–H and O–H groups in total. The van der Waals surface area contributed by atoms with Crippen molar-refractivity contribution in [2.75, 3.05) is 19.0 Å². The van der Waals surface area contributed by atoms with Crippen LogP contribution in [0.3, 0.4) is 0 Å². The number of nitrogens with one attached hydrogen (secondary N) is 1. The molecule has 2 amide bonds. The van der Waals surface area contributed by atoms with Crippen LogP contribution in [0.2, 0.25) is 5.02 Å². The van der Waals surface area contributed by atoms with E-state index in [4.69, 9.17) is 21.4 Å². The second-order valence-electron chi connectivity index (χ2n) is 4.67. The van der Waals surface area contributed by atoms with Crippen LogP contribution in [0.1, 0.15) is 6.42 Å². The number of halogens is 1. The third-order valence-corrected chi connectivity index (χ3v) is 3.46. The third-order valence-electron chi connectivity index (χ3n) is 3.23. The summed E-state index contributed by atoms with van der Waals surface area (Å²) >= 11 is 5.86. The van der Waals surface area contributed by atoms with Gasteiger partial charge in [0.25, 0.3) is 0 Å². The summed E-state index contributed by atoms with van der Waals surface area (Å²) in [6.07, 6.45) is -0.840. The number of rotatable bonds is 3. The number of carboxylic acids is 1. The second-order valence-corrected chi connectivity index (χ2v) is 5.11. The summed E-state index contributed by atoms with van der Waals surface area (Å²) in [5.41, 5.74) is 0.334. The van der Waals surface area contributed by atoms with Gasteiger partial charge in [-0.3, -0.25) is 0 Å². The number of carbonyl (C=O) groups is 2. The lowest BCUT2D eigenvalue weighted by Crippen LogP contribution is -2.43. The predicted octanol–water partition coefficient (Wildman–Crippen LogP) is 1.40. The number of carboxylic acid groups (broad SMARTS) is 1. The van der Waals surface area contributed by atoms with Gasteiger partial charge in [0.1, 0.15) is 11.8 Å². The van der Waals surface area contributed by atoms with Gasteiger partial charge in [-0.1, -0.05) is 11.6 Å². The van der Waals surface area contributed by atoms with Crippen molar-refractivity contribution < 1.29 is 24.5 Å². The fourth-order valence-electron chi connectivity index (χ4n) is 2.24. The smallest absolute Gasteiger partial charge is 0.326 e. The lowest BCUT2D eigenvalue weighted by Gasteiger charge is -2.22. The van der Waals surface area contributed by atoms with Crippen molar-refractivity contribution in [3.05, 3.63) is 23.2 Å². The number of aliphatic hydroxyl groups is 1. The molecule has 2 rings (SSSR count). The molecule has 8 heteroatoms. The Labute approximate surface area is 126 Å². The molecule has 0 aromatic heterocycles. The summed E-state index contributed by atoms with van der Waals surface area (Å²) in [6, 6.07) is 3.02. The molecule has 1 saturated heterocycles. The monoisotopic (exact) mass is 314 g/mol. The average Bonchev–Trinajstić information content (AvgIpc) is 2.81. The minimum Gasteiger partial charge on any atom is -0.495 e. The number of hydrogen-bond donors (Lipinski definition) is 3. The number of aliphatic hydroxyl groups excluding tert-OH is 1. The molecule has 1 fully saturated rings. The summed E-state index contributed by atoms with van der Waals surface area (Å²) in [5.74, 6) is -0.751. The third kappa shape index (κ3) is 3.37. The predicted molar refractivity (Wildman–Crippen MR) is 75.8 cm³/mol. The quantitative estimate of drug-likeness (QED) is 0.783. The van der Waals surface area contributed by atoms with Gasteiger partial charge in [0.05, 0.1) is 18.9 Å². The molecule has 0 bridgehead atoms. The topological polar surface area (TPSA) is 99.1 Å². The van der Waals surface area contributed by atoms with Gasteiger partial charge in [-0.2, -0.15) is 0 Å². The number of anilines is 1. The molecule has 114 valence electrons. The molecule has 0 spiro atoms. The van der Waals surface area contributed by atoms with Crippen molar-refractivity contribution in [3.8, 4) is 5.75 Å². The highest BCUT2D eigenvalue weighted by Gasteiger charge is 2.39. The first kappa shape index (κ1) is 15.4. The van der Waals surface area contributed by atoms with E-state index >= 15 is 0 Å². The van der Waals surface area contributed by atoms with E-state index in [1.54, 1.807) is 12.1 Å². The molecule has 1 aliphatic heterocycles. The number of amides is 2. The molecule has 1 aromatic rings. The number of benzene rings is 1. The van der Waals surface area contributed by atoms with Crippen LogP contribution in [0.15, 0.2) is 18.2 Å². The Morgan fingerprint density at radius 2 is 2.19 bits per heavy atom. The molecule has 7 nitrogen and oxygen atoms in total. The molecule has 1 aliphatic rings. The SMILES string of the molecule is COc1ccc(Cl)cc1NC(=O)N1CC(O)C[C@H]1C(=O)O. The highest BCUT2D eigenvalue weighted by molar-refractivity contribution is 6.31. The van der Waals surface area contributed by atoms with Crippen LogP contribution >= 0.6 is 11.6 Å². The first-order chi connectivity index (χ1) is 9.92. The van der Waals surface area contributed by atoms with Crippen LogP contribution in [0, 0.1) is 0 Å². The minimum absolute atomic E-state index is 0.00936. The van der Waals surface area contributed by atoms with E-state index in [0.29, 0.717) is 16.5 Å². The van der Waals surface area contributed by atoms with Gasteiger partial charge in [0.2, 0.25) is 0 Å². The molecule has 0 saturated carbocycles. The Bertz CT molecular complexity index is 565. The first-order valence-electron chi connectivity index (χ1n) is 6.24. The van der Waals surface area contributed by atoms with Crippen LogP contribution in [-0.2, 0) is 4.79 Å². The van der Waals surface area contributed by atoms with Gasteiger partial charge in [-0.05, 0) is 18.2 Å². The number of carbonyl (C=O) groups excluding carboxylic acids is 1. The van der Waals surface area contributed by atoms with Crippen molar-refractivity contribution in [1.82, 2.24) is 4.90 Å². The van der Waals surface area contributed by atoms with Crippen molar-refractivity contribution >= 4 is 29.3 Å². The van der Waals surface area contributed by atoms with Crippen LogP contribution < -0.4 is 10.1 Å². The van der Waals surface area contributed by atoms with E-state index in [2.05, 4.69) is 5.32 Å². The molecule has 21 heavy (non-hydrogen) atoms. The van der Waals surface area contributed by atoms with Crippen LogP contribution in [0.25, 0.3) is 0 Å². The Kier molecular flexibility index (Phi) is 4.54. The van der Waals surface area contributed by atoms with Gasteiger partial charge in [0.15, 0.2) is 0 Å². The number of aliphatic carboxylic acids is 1. The Balaban J connectivity index is 2.18. The summed E-state index contributed by atoms with van der Waals surface area (Å²) < 4.78 is 5.10. The number of ether oxygens (including phenoxy) is 1. The van der Waals surface area contributed by atoms with Gasteiger partial charge in [-0.25, -0.2) is 9.59 Å². The lowest BCUT2D eigenvalue weighted by molar-refractivity contribution is -0.141. The normalized spacial score (nSPS) is 21.2. The van der Waals surface area contributed by atoms with Gasteiger partial charge >= 0.3 is 12.0 Å². The zero-order chi connectivity index (χ0) is 15.6. The van der Waals surface area contributed by atoms with Crippen molar-refractivity contribution in [1.29, 1.82) is 0 Å². The number of urea groups is 1. The summed E-state index contributed by atoms with van der Waals surface area (Å²) in [6.45, 7) is -0.0360. The Morgan fingerprint density at radius 3 is 2.81 bits per heavy atom. The summed E-state index contributed by atoms with van der Waals surface area (Å²) in [7, 11) is 1.44. The van der Waals surface area contributed by atoms with Gasteiger partial charge < -0.3 is 25.2 Å². The zero-order valence-corrected chi connectivity index (χ0v) is 12.0. The first-order valence-corrected chi connectivity index (χ1v) is 6.62. The van der Waals surface area contributed by atoms with E-state index in [0.717, 1.165) is 4.90 Å². The molecule has 2 atom stereocenters. The van der Waals surface area contributed by atoms with Crippen molar-refractivity contribution in [3.63, 3.8) is 0 Å². The van der Waals surface area contributed by atoms with E-state index in [1.165, 1.54) is 13.2 Å². The van der Waals surface area contributed by atoms with Crippen molar-refractivity contribution in [2.45, 2.75) is 18.6 Å². The Morgan fingerprint density at radius 1 is 1.48 bits per heavy atom. The van der Waals surface area contributed by atoms with Crippen molar-refractivity contribution in [2.24, 2.45) is 0 Å². The highest BCUT2D eigenvalue weighted by Crippen LogP contribution is 2.29. The van der Waals surface area contributed by atoms with E-state index in [9.17, 15) is 14.7 Å². The maximum atomic E-state index is 12.2. The second kappa shape index (κ2) is 6.19. The van der Waals surface area contributed by atoms with Crippen LogP contribution in [0.5, 0.6) is 5.75 Å². The highest BCUT2D eigenvalue weighted by atomic mass is 35.5. The van der Waals surface area contributed by atoms with E-state index < -0.39 is 24.1 Å². The average molecular weight is 315 g/mol. The van der Waals surface area contributed by atoms with E-state index in [1.807, 2.05) is 0 Å². The maximum absolute atomic E-state index is 12.2. The van der Waals surface area contributed by atoms with Gasteiger partial charge in [0, 0.05) is 18.0 Å². The molecular formula is C13H15ClN2O5. The number of nitrogens with zero attached hydrogens (tertiary/aromatic N) is 1. The zero-order valence-electron chi connectivity index (χ0n) is 11.2. The number of likely N-dealkylation sites (tertiary alicyclic amines) is 1. The van der Waals surface area contributed by atoms with Gasteiger partial charge in [-0.15, -0.1) is 0 Å². The molecule has 1 aromatic carbocycles. The number of methoxy groups -OCH3 is 1. The van der Waals surface area contributed by atoms with Crippen LogP contribution in [0.4, 0.5) is 10.5 Å². The number of β-amino-alcohol motifs (C(OH)–C–C–N with tert-alkyl or cyclic N) is 1. The molecule has 0 aliphatic carbocycles. The maximum Gasteiger partial charge on any atom is 0.326 e. The molecular weight excluding hydrogens is 300 g/mol. The molecule has 1 heterocycles. The summed E-state index contributed by atoms with van der Waals surface area (Å²) in [4.78, 5) is 24.4. The van der Waals surface area contributed by atoms with Crippen LogP contribution in [-0.4, -0.2) is 52.9 Å². The fraction of sp³-hybridized carbons (Fsp3) is 0.385. The lowest BCUT2D eigenvalue weighted by atomic mass is 10.2. The fourth-order valence-corrected chi connectivity index (χ4v) is 2.41. The van der Waals surface area contributed by atoms with E-state index in [-0.39, 0.29) is 13.0 Å². The largest absolute Gasteiger partial charge is 0.495 e. The number of hydrogen-bond acceptors (Lipinski definition) is 4. The molecule has 0 radical (unpaired) electrons. The minimum atomic E-state index is -1.15. The summed E-state index contributed by atoms with van der Waals surface area (Å²) in [5, 5.41) is 21.6.